The Morgan fingerprint density at radius 1 is 1.13 bits per heavy atom. The number of sulfonamides is 1. The fourth-order valence-corrected chi connectivity index (χ4v) is 4.36. The van der Waals surface area contributed by atoms with Gasteiger partial charge in [-0.3, -0.25) is 9.89 Å². The molecule has 0 aliphatic heterocycles. The third-order valence-electron chi connectivity index (χ3n) is 4.61. The number of benzene rings is 1. The van der Waals surface area contributed by atoms with Crippen LogP contribution >= 0.6 is 0 Å². The molecule has 2 rings (SSSR count). The Kier molecular flexibility index (Phi) is 8.03. The SMILES string of the molecule is Cc1n[nH]c(C)c1S(=O)(=O)NCCNC(=O)CCCOc1ccc(C(C)(C)C)cc1. The molecule has 166 valence electrons. The van der Waals surface area contributed by atoms with E-state index in [9.17, 15) is 13.2 Å². The van der Waals surface area contributed by atoms with Gasteiger partial charge in [-0.05, 0) is 43.4 Å². The van der Waals surface area contributed by atoms with Crippen molar-refractivity contribution in [3.63, 3.8) is 0 Å². The van der Waals surface area contributed by atoms with Gasteiger partial charge in [0, 0.05) is 19.5 Å². The number of aryl methyl sites for hydroxylation is 2. The number of H-pyrrole nitrogens is 1. The third-order valence-corrected chi connectivity index (χ3v) is 6.33. The zero-order chi connectivity index (χ0) is 22.4. The number of ether oxygens (including phenoxy) is 1. The van der Waals surface area contributed by atoms with Crippen molar-refractivity contribution < 1.29 is 17.9 Å². The van der Waals surface area contributed by atoms with Crippen LogP contribution in [0.5, 0.6) is 5.75 Å². The molecule has 1 amide bonds. The van der Waals surface area contributed by atoms with Gasteiger partial charge in [-0.1, -0.05) is 32.9 Å². The van der Waals surface area contributed by atoms with E-state index in [-0.39, 0.29) is 29.3 Å². The van der Waals surface area contributed by atoms with Crippen LogP contribution in [-0.2, 0) is 20.2 Å². The number of aromatic nitrogens is 2. The minimum absolute atomic E-state index is 0.0982. The predicted molar refractivity (Wildman–Crippen MR) is 116 cm³/mol. The summed E-state index contributed by atoms with van der Waals surface area (Å²) >= 11 is 0. The van der Waals surface area contributed by atoms with Crippen LogP contribution in [0.1, 0.15) is 50.6 Å². The number of carbonyl (C=O) groups is 1. The number of rotatable bonds is 10. The Morgan fingerprint density at radius 2 is 1.80 bits per heavy atom. The standard InChI is InChI=1S/C21H32N4O4S/c1-15-20(16(2)25-24-15)30(27,28)23-13-12-22-19(26)7-6-14-29-18-10-8-17(9-11-18)21(3,4)5/h8-11,23H,6-7,12-14H2,1-5H3,(H,22,26)(H,24,25). The first-order valence-electron chi connectivity index (χ1n) is 10.0. The van der Waals surface area contributed by atoms with Crippen molar-refractivity contribution in [1.29, 1.82) is 0 Å². The highest BCUT2D eigenvalue weighted by molar-refractivity contribution is 7.89. The van der Waals surface area contributed by atoms with Gasteiger partial charge in [0.15, 0.2) is 0 Å². The van der Waals surface area contributed by atoms with Gasteiger partial charge in [-0.15, -0.1) is 0 Å². The summed E-state index contributed by atoms with van der Waals surface area (Å²) in [6, 6.07) is 7.98. The third kappa shape index (κ3) is 6.84. The van der Waals surface area contributed by atoms with Crippen molar-refractivity contribution in [2.24, 2.45) is 0 Å². The topological polar surface area (TPSA) is 113 Å². The summed E-state index contributed by atoms with van der Waals surface area (Å²) in [6.07, 6.45) is 0.888. The second-order valence-electron chi connectivity index (χ2n) is 8.24. The summed E-state index contributed by atoms with van der Waals surface area (Å²) in [4.78, 5) is 12.1. The maximum absolute atomic E-state index is 12.3. The summed E-state index contributed by atoms with van der Waals surface area (Å²) in [5.74, 6) is 0.638. The lowest BCUT2D eigenvalue weighted by molar-refractivity contribution is -0.121. The lowest BCUT2D eigenvalue weighted by Gasteiger charge is -2.19. The second-order valence-corrected chi connectivity index (χ2v) is 9.94. The van der Waals surface area contributed by atoms with E-state index < -0.39 is 10.0 Å². The van der Waals surface area contributed by atoms with Crippen molar-refractivity contribution in [3.05, 3.63) is 41.2 Å². The monoisotopic (exact) mass is 436 g/mol. The van der Waals surface area contributed by atoms with E-state index in [0.717, 1.165) is 5.75 Å². The van der Waals surface area contributed by atoms with Crippen LogP contribution in [0.25, 0.3) is 0 Å². The summed E-state index contributed by atoms with van der Waals surface area (Å²) in [5, 5.41) is 9.25. The average molecular weight is 437 g/mol. The van der Waals surface area contributed by atoms with Crippen LogP contribution in [0, 0.1) is 13.8 Å². The summed E-state index contributed by atoms with van der Waals surface area (Å²) in [6.45, 7) is 10.5. The summed E-state index contributed by atoms with van der Waals surface area (Å²) in [7, 11) is -3.66. The molecule has 1 aromatic heterocycles. The van der Waals surface area contributed by atoms with Gasteiger partial charge in [0.05, 0.1) is 18.0 Å². The molecular weight excluding hydrogens is 404 g/mol. The first-order chi connectivity index (χ1) is 14.0. The van der Waals surface area contributed by atoms with Crippen LogP contribution in [0.2, 0.25) is 0 Å². The minimum atomic E-state index is -3.66. The number of amides is 1. The molecule has 0 aliphatic carbocycles. The Hall–Kier alpha value is -2.39. The lowest BCUT2D eigenvalue weighted by atomic mass is 9.87. The molecule has 0 radical (unpaired) electrons. The molecule has 1 aromatic carbocycles. The molecule has 0 fully saturated rings. The summed E-state index contributed by atoms with van der Waals surface area (Å²) in [5.41, 5.74) is 2.23. The van der Waals surface area contributed by atoms with E-state index >= 15 is 0 Å². The molecule has 2 aromatic rings. The van der Waals surface area contributed by atoms with Gasteiger partial charge < -0.3 is 10.1 Å². The number of nitrogens with zero attached hydrogens (tertiary/aromatic N) is 1. The maximum Gasteiger partial charge on any atom is 0.244 e. The molecule has 8 nitrogen and oxygen atoms in total. The van der Waals surface area contributed by atoms with E-state index in [1.54, 1.807) is 13.8 Å². The van der Waals surface area contributed by atoms with Crippen LogP contribution in [0.15, 0.2) is 29.2 Å². The Morgan fingerprint density at radius 3 is 2.37 bits per heavy atom. The summed E-state index contributed by atoms with van der Waals surface area (Å²) < 4.78 is 32.8. The number of hydrogen-bond donors (Lipinski definition) is 3. The molecule has 0 spiro atoms. The molecular formula is C21H32N4O4S. The Labute approximate surface area is 178 Å². The molecule has 30 heavy (non-hydrogen) atoms. The first kappa shape index (κ1) is 23.9. The molecule has 0 aliphatic rings. The van der Waals surface area contributed by atoms with E-state index in [1.165, 1.54) is 5.56 Å². The largest absolute Gasteiger partial charge is 0.494 e. The van der Waals surface area contributed by atoms with E-state index in [4.69, 9.17) is 4.74 Å². The maximum atomic E-state index is 12.3. The number of aromatic amines is 1. The molecule has 0 saturated carbocycles. The predicted octanol–water partition coefficient (Wildman–Crippen LogP) is 2.58. The average Bonchev–Trinajstić information content (AvgIpc) is 3.01. The van der Waals surface area contributed by atoms with E-state index in [2.05, 4.69) is 53.1 Å². The number of nitrogens with one attached hydrogen (secondary N) is 3. The van der Waals surface area contributed by atoms with Gasteiger partial charge in [0.2, 0.25) is 15.9 Å². The van der Waals surface area contributed by atoms with Crippen molar-refractivity contribution >= 4 is 15.9 Å². The molecule has 0 atom stereocenters. The molecule has 1 heterocycles. The van der Waals surface area contributed by atoms with Crippen molar-refractivity contribution in [2.45, 2.75) is 57.8 Å². The Balaban J connectivity index is 1.64. The first-order valence-corrected chi connectivity index (χ1v) is 11.5. The van der Waals surface area contributed by atoms with Crippen LogP contribution in [-0.4, -0.2) is 44.2 Å². The fraction of sp³-hybridized carbons (Fsp3) is 0.524. The Bertz CT molecular complexity index is 925. The molecule has 9 heteroatoms. The second kappa shape index (κ2) is 10.1. The molecule has 0 unspecified atom stereocenters. The van der Waals surface area contributed by atoms with E-state index in [0.29, 0.717) is 30.8 Å². The molecule has 0 saturated heterocycles. The van der Waals surface area contributed by atoms with Crippen LogP contribution in [0.4, 0.5) is 0 Å². The number of carbonyl (C=O) groups excluding carboxylic acids is 1. The lowest BCUT2D eigenvalue weighted by Crippen LogP contribution is -2.35. The van der Waals surface area contributed by atoms with Gasteiger partial charge in [-0.2, -0.15) is 5.10 Å². The zero-order valence-electron chi connectivity index (χ0n) is 18.3. The van der Waals surface area contributed by atoms with Gasteiger partial charge in [0.25, 0.3) is 0 Å². The highest BCUT2D eigenvalue weighted by atomic mass is 32.2. The zero-order valence-corrected chi connectivity index (χ0v) is 19.1. The van der Waals surface area contributed by atoms with Gasteiger partial charge in [0.1, 0.15) is 10.6 Å². The normalized spacial score (nSPS) is 12.0. The minimum Gasteiger partial charge on any atom is -0.494 e. The van der Waals surface area contributed by atoms with Crippen LogP contribution < -0.4 is 14.8 Å². The van der Waals surface area contributed by atoms with Gasteiger partial charge >= 0.3 is 0 Å². The highest BCUT2D eigenvalue weighted by Gasteiger charge is 2.21. The quantitative estimate of drug-likeness (QED) is 0.496. The highest BCUT2D eigenvalue weighted by Crippen LogP contribution is 2.24. The smallest absolute Gasteiger partial charge is 0.244 e. The fourth-order valence-electron chi connectivity index (χ4n) is 2.96. The number of hydrogen-bond acceptors (Lipinski definition) is 5. The molecule has 3 N–H and O–H groups in total. The van der Waals surface area contributed by atoms with Crippen LogP contribution in [0.3, 0.4) is 0 Å². The van der Waals surface area contributed by atoms with Gasteiger partial charge in [-0.25, -0.2) is 13.1 Å². The van der Waals surface area contributed by atoms with Crippen molar-refractivity contribution in [3.8, 4) is 5.75 Å². The van der Waals surface area contributed by atoms with Crippen molar-refractivity contribution in [1.82, 2.24) is 20.2 Å². The van der Waals surface area contributed by atoms with E-state index in [1.807, 2.05) is 12.1 Å². The van der Waals surface area contributed by atoms with Crippen molar-refractivity contribution in [2.75, 3.05) is 19.7 Å². The molecule has 0 bridgehead atoms.